The number of pyridine rings is 2. The van der Waals surface area contributed by atoms with Gasteiger partial charge in [0.2, 0.25) is 5.88 Å². The molecule has 9 nitrogen and oxygen atoms in total. The van der Waals surface area contributed by atoms with Gasteiger partial charge in [-0.1, -0.05) is 0 Å². The minimum absolute atomic E-state index is 0.0143. The van der Waals surface area contributed by atoms with Gasteiger partial charge in [-0.2, -0.15) is 0 Å². The number of rotatable bonds is 7. The Morgan fingerprint density at radius 1 is 1.19 bits per heavy atom. The summed E-state index contributed by atoms with van der Waals surface area (Å²) in [6.07, 6.45) is -3.42. The molecule has 4 N–H and O–H groups in total. The van der Waals surface area contributed by atoms with Gasteiger partial charge in [0.05, 0.1) is 23.6 Å². The Labute approximate surface area is 244 Å². The van der Waals surface area contributed by atoms with Crippen molar-refractivity contribution in [2.24, 2.45) is 0 Å². The van der Waals surface area contributed by atoms with Gasteiger partial charge in [-0.3, -0.25) is 0 Å². The van der Waals surface area contributed by atoms with Crippen molar-refractivity contribution in [2.75, 3.05) is 43.9 Å². The lowest BCUT2D eigenvalue weighted by Gasteiger charge is -2.43. The van der Waals surface area contributed by atoms with Crippen LogP contribution < -0.4 is 25.4 Å². The average molecular weight is 609 g/mol. The van der Waals surface area contributed by atoms with Crippen LogP contribution in [-0.2, 0) is 6.42 Å². The molecule has 2 saturated heterocycles. The van der Waals surface area contributed by atoms with Crippen LogP contribution in [0.4, 0.5) is 33.5 Å². The molecule has 5 heterocycles. The van der Waals surface area contributed by atoms with Crippen molar-refractivity contribution >= 4 is 22.3 Å². The van der Waals surface area contributed by atoms with Gasteiger partial charge in [0.1, 0.15) is 17.6 Å². The van der Waals surface area contributed by atoms with E-state index in [1.807, 2.05) is 18.9 Å². The molecule has 0 aliphatic carbocycles. The highest BCUT2D eigenvalue weighted by atomic mass is 19.4. The number of alkyl halides is 3. The minimum atomic E-state index is -5.26. The van der Waals surface area contributed by atoms with Crippen LogP contribution in [0.2, 0.25) is 0 Å². The molecule has 1 aromatic carbocycles. The van der Waals surface area contributed by atoms with Crippen LogP contribution in [0, 0.1) is 18.6 Å². The molecule has 2 fully saturated rings. The van der Waals surface area contributed by atoms with Gasteiger partial charge in [-0.25, -0.2) is 18.7 Å². The lowest BCUT2D eigenvalue weighted by molar-refractivity contribution is -0.275. The van der Waals surface area contributed by atoms with Crippen molar-refractivity contribution in [3.63, 3.8) is 0 Å². The third-order valence-electron chi connectivity index (χ3n) is 8.64. The Hall–Kier alpha value is -3.49. The summed E-state index contributed by atoms with van der Waals surface area (Å²) in [5.41, 5.74) is 5.43. The van der Waals surface area contributed by atoms with E-state index in [-0.39, 0.29) is 41.7 Å². The molecule has 3 aromatic rings. The maximum atomic E-state index is 16.8. The van der Waals surface area contributed by atoms with Crippen LogP contribution in [0.3, 0.4) is 0 Å². The van der Waals surface area contributed by atoms with Gasteiger partial charge in [-0.15, -0.1) is 13.2 Å². The maximum absolute atomic E-state index is 16.8. The fourth-order valence-corrected chi connectivity index (χ4v) is 6.71. The van der Waals surface area contributed by atoms with E-state index in [1.54, 1.807) is 6.92 Å². The highest BCUT2D eigenvalue weighted by Crippen LogP contribution is 2.47. The lowest BCUT2D eigenvalue weighted by atomic mass is 9.97. The van der Waals surface area contributed by atoms with E-state index in [9.17, 15) is 22.7 Å². The van der Waals surface area contributed by atoms with Crippen molar-refractivity contribution < 1.29 is 36.5 Å². The molecule has 2 bridgehead atoms. The number of halogens is 5. The van der Waals surface area contributed by atoms with Crippen molar-refractivity contribution in [1.29, 1.82) is 0 Å². The van der Waals surface area contributed by atoms with E-state index >= 15 is 4.39 Å². The first-order chi connectivity index (χ1) is 20.4. The Balaban J connectivity index is 1.62. The average Bonchev–Trinajstić information content (AvgIpc) is 3.25. The molecule has 2 aromatic heterocycles. The number of fused-ring (bicyclic) bond motifs is 5. The molecule has 14 heteroatoms. The van der Waals surface area contributed by atoms with Crippen molar-refractivity contribution in [3.8, 4) is 22.9 Å². The number of piperazine rings is 1. The number of likely N-dealkylation sites (N-methyl/N-ethyl adjacent to an activating group) is 1. The quantitative estimate of drug-likeness (QED) is 0.272. The zero-order chi connectivity index (χ0) is 30.8. The van der Waals surface area contributed by atoms with Crippen molar-refractivity contribution in [3.05, 3.63) is 35.0 Å². The topological polar surface area (TPSA) is 109 Å². The number of hydrogen-bond acceptors (Lipinski definition) is 9. The predicted octanol–water partition coefficient (Wildman–Crippen LogP) is 3.92. The Bertz CT molecular complexity index is 1570. The fraction of sp³-hybridized carbons (Fsp3) is 0.517. The van der Waals surface area contributed by atoms with Gasteiger partial charge in [0, 0.05) is 61.0 Å². The first kappa shape index (κ1) is 29.6. The van der Waals surface area contributed by atoms with Gasteiger partial charge >= 0.3 is 6.36 Å². The molecule has 3 aliphatic rings. The highest BCUT2D eigenvalue weighted by molar-refractivity contribution is 6.02. The molecule has 0 amide bonds. The minimum Gasteiger partial charge on any atom is -0.472 e. The zero-order valence-corrected chi connectivity index (χ0v) is 23.9. The number of aromatic nitrogens is 2. The summed E-state index contributed by atoms with van der Waals surface area (Å²) >= 11 is 0. The van der Waals surface area contributed by atoms with E-state index in [0.29, 0.717) is 54.6 Å². The number of nitrogens with two attached hydrogens (primary N) is 1. The van der Waals surface area contributed by atoms with Crippen LogP contribution in [0.15, 0.2) is 12.1 Å². The summed E-state index contributed by atoms with van der Waals surface area (Å²) in [6.45, 7) is 5.08. The van der Waals surface area contributed by atoms with E-state index in [4.69, 9.17) is 15.5 Å². The second-order valence-electron chi connectivity index (χ2n) is 11.6. The molecule has 43 heavy (non-hydrogen) atoms. The molecule has 0 radical (unpaired) electrons. The molecule has 0 unspecified atom stereocenters. The maximum Gasteiger partial charge on any atom is 0.573 e. The first-order valence-corrected chi connectivity index (χ1v) is 14.2. The summed E-state index contributed by atoms with van der Waals surface area (Å²) in [6, 6.07) is 1.80. The number of benzene rings is 1. The molecule has 0 spiro atoms. The first-order valence-electron chi connectivity index (χ1n) is 14.2. The van der Waals surface area contributed by atoms with Crippen molar-refractivity contribution in [1.82, 2.24) is 20.2 Å². The van der Waals surface area contributed by atoms with Crippen molar-refractivity contribution in [2.45, 2.75) is 63.7 Å². The summed E-state index contributed by atoms with van der Waals surface area (Å²) in [5, 5.41) is 13.3. The van der Waals surface area contributed by atoms with Gasteiger partial charge < -0.3 is 35.4 Å². The monoisotopic (exact) mass is 608 g/mol. The number of aliphatic hydroxyl groups is 1. The largest absolute Gasteiger partial charge is 0.573 e. The fourth-order valence-electron chi connectivity index (χ4n) is 6.71. The molecular weight excluding hydrogens is 575 g/mol. The SMILES string of the molecule is Cc1c(CCN(C)CCO)nc2c3c(nc(-c4cc(N)cc(F)c4OC(F)(F)F)c(F)c13)O[C@@H](C)[C@@H]1[C@@H]3CC[C@H](CN21)N3. The molecular formula is C29H33F5N6O3. The van der Waals surface area contributed by atoms with Crippen LogP contribution in [0.25, 0.3) is 22.0 Å². The van der Waals surface area contributed by atoms with Crippen LogP contribution in [0.1, 0.15) is 31.0 Å². The summed E-state index contributed by atoms with van der Waals surface area (Å²) in [7, 11) is 1.85. The zero-order valence-electron chi connectivity index (χ0n) is 23.9. The predicted molar refractivity (Wildman–Crippen MR) is 150 cm³/mol. The number of nitrogens with one attached hydrogen (secondary N) is 1. The molecule has 6 rings (SSSR count). The molecule has 232 valence electrons. The van der Waals surface area contributed by atoms with Gasteiger partial charge in [0.25, 0.3) is 0 Å². The summed E-state index contributed by atoms with van der Waals surface area (Å²) in [4.78, 5) is 13.5. The lowest BCUT2D eigenvalue weighted by Crippen LogP contribution is -2.62. The normalized spacial score (nSPS) is 23.0. The number of aryl methyl sites for hydroxylation is 1. The third kappa shape index (κ3) is 5.29. The van der Waals surface area contributed by atoms with E-state index in [2.05, 4.69) is 19.9 Å². The Morgan fingerprint density at radius 3 is 2.67 bits per heavy atom. The number of anilines is 2. The number of nitrogen functional groups attached to an aromatic ring is 1. The molecule has 0 saturated carbocycles. The molecule has 3 aliphatic heterocycles. The van der Waals surface area contributed by atoms with Crippen LogP contribution in [0.5, 0.6) is 11.6 Å². The summed E-state index contributed by atoms with van der Waals surface area (Å²) < 4.78 is 82.1. The molecule has 4 atom stereocenters. The van der Waals surface area contributed by atoms with E-state index < -0.39 is 41.1 Å². The van der Waals surface area contributed by atoms with Gasteiger partial charge in [-0.05, 0) is 45.4 Å². The highest BCUT2D eigenvalue weighted by Gasteiger charge is 2.47. The number of hydrogen-bond donors (Lipinski definition) is 3. The van der Waals surface area contributed by atoms with Crippen LogP contribution >= 0.6 is 0 Å². The Kier molecular flexibility index (Phi) is 7.50. The number of aliphatic hydroxyl groups excluding tert-OH is 1. The number of nitrogens with zero attached hydrogens (tertiary/aromatic N) is 4. The Morgan fingerprint density at radius 2 is 1.95 bits per heavy atom. The van der Waals surface area contributed by atoms with Crippen LogP contribution in [-0.4, -0.2) is 83.9 Å². The second kappa shape index (κ2) is 10.9. The summed E-state index contributed by atoms with van der Waals surface area (Å²) in [5.74, 6) is -3.13. The third-order valence-corrected chi connectivity index (χ3v) is 8.64. The van der Waals surface area contributed by atoms with E-state index in [0.717, 1.165) is 18.9 Å². The second-order valence-corrected chi connectivity index (χ2v) is 11.6. The van der Waals surface area contributed by atoms with E-state index in [1.165, 1.54) is 0 Å². The standard InChI is InChI=1S/C29H33F5N6O3/c1-13-19(6-7-39(3)8-9-41)37-27-22-21(13)23(31)24(17-10-15(35)11-18(30)26(17)43-29(32,33)34)38-28(22)42-14(2)25-20-5-4-16(36-20)12-40(25)27/h10-11,14,16,20,25,36,41H,4-9,12,35H2,1-3H3/t14-,16+,20-,25+/m0/s1. The smallest absolute Gasteiger partial charge is 0.472 e. The van der Waals surface area contributed by atoms with Gasteiger partial charge in [0.15, 0.2) is 17.4 Å². The number of ether oxygens (including phenoxy) is 2.